The fourth-order valence-electron chi connectivity index (χ4n) is 11.7. The molecule has 9 aromatic rings. The van der Waals surface area contributed by atoms with Gasteiger partial charge in [-0.2, -0.15) is 0 Å². The smallest absolute Gasteiger partial charge is 0.158 e. The summed E-state index contributed by atoms with van der Waals surface area (Å²) in [5, 5.41) is 2.33. The summed E-state index contributed by atoms with van der Waals surface area (Å²) < 4.78 is 9.21. The number of pyridine rings is 2. The van der Waals surface area contributed by atoms with Gasteiger partial charge in [-0.15, -0.1) is 0 Å². The molecule has 3 aromatic heterocycles. The molecule has 0 radical (unpaired) electrons. The zero-order valence-electron chi connectivity index (χ0n) is 51.1. The lowest BCUT2D eigenvalue weighted by atomic mass is 9.72. The largest absolute Gasteiger partial charge is 0.457 e. The van der Waals surface area contributed by atoms with Crippen molar-refractivity contribution in [3.63, 3.8) is 0 Å². The maximum atomic E-state index is 6.94. The maximum absolute atomic E-state index is 6.94. The summed E-state index contributed by atoms with van der Waals surface area (Å²) in [5.41, 5.74) is 20.4. The number of aryl methyl sites for hydroxylation is 2. The third-order valence-electron chi connectivity index (χ3n) is 16.2. The van der Waals surface area contributed by atoms with Crippen LogP contribution in [-0.4, -0.2) is 21.2 Å². The molecule has 0 aliphatic carbocycles. The number of hydrogen-bond acceptors (Lipinski definition) is 5. The van der Waals surface area contributed by atoms with Gasteiger partial charge in [0.1, 0.15) is 24.0 Å². The number of para-hydroxylation sites is 1. The average Bonchev–Trinajstić information content (AvgIpc) is 4.15. The molecular formula is C73H85N5O. The predicted octanol–water partition coefficient (Wildman–Crippen LogP) is 20.3. The van der Waals surface area contributed by atoms with Gasteiger partial charge in [-0.1, -0.05) is 173 Å². The van der Waals surface area contributed by atoms with Crippen LogP contribution in [0.15, 0.2) is 140 Å². The summed E-state index contributed by atoms with van der Waals surface area (Å²) in [4.78, 5) is 15.1. The molecule has 0 saturated heterocycles. The zero-order valence-corrected chi connectivity index (χ0v) is 51.1. The molecule has 0 fully saturated rings. The molecule has 0 N–H and O–H groups in total. The Labute approximate surface area is 472 Å². The average molecular weight is 1050 g/mol. The van der Waals surface area contributed by atoms with Gasteiger partial charge in [0.05, 0.1) is 22.4 Å². The molecule has 1 aliphatic heterocycles. The first-order valence-corrected chi connectivity index (χ1v) is 28.6. The van der Waals surface area contributed by atoms with Crippen LogP contribution in [0.25, 0.3) is 49.9 Å². The quantitative estimate of drug-likeness (QED) is 0.159. The van der Waals surface area contributed by atoms with E-state index < -0.39 is 0 Å². The second-order valence-corrected chi connectivity index (χ2v) is 28.7. The Morgan fingerprint density at radius 3 is 1.53 bits per heavy atom. The van der Waals surface area contributed by atoms with Crippen LogP contribution in [0.4, 0.5) is 22.9 Å². The summed E-state index contributed by atoms with van der Waals surface area (Å²) in [6.07, 6.45) is 3.86. The molecule has 0 atom stereocenters. The standard InChI is InChI=1S/C73H85N5O/c1-45-35-48(69(6,7)8)39-58(72(15,16)17)64(45)56-37-50(71(12,13)14)38-57(65-46(2)36-49(70(9,10)11)40-59(65)73(18,19)20)66(56)77-44-76(67-61(77)29-24-33-75-67)51-25-23-26-52(42-51)79-53-30-31-55-54-27-21-22-28-60(54)78(62(55)43-53)63-41-47(32-34-74-63)68(3,4)5/h21-43H,44H2,1-20H3. The summed E-state index contributed by atoms with van der Waals surface area (Å²) in [6.45, 7) is 47.3. The lowest BCUT2D eigenvalue weighted by Crippen LogP contribution is -2.26. The van der Waals surface area contributed by atoms with Crippen LogP contribution in [0, 0.1) is 13.8 Å². The molecule has 6 heteroatoms. The molecule has 408 valence electrons. The first-order valence-electron chi connectivity index (χ1n) is 28.6. The van der Waals surface area contributed by atoms with Gasteiger partial charge in [0.2, 0.25) is 0 Å². The van der Waals surface area contributed by atoms with Crippen molar-refractivity contribution in [2.75, 3.05) is 16.5 Å². The SMILES string of the molecule is Cc1cc(C(C)(C)C)cc(C(C)(C)C)c1-c1cc(C(C)(C)C)cc(-c2c(C)cc(C(C)(C)C)cc2C(C)(C)C)c1N1CN(c2cccc(Oc3ccc4c5ccccc5n(-c5cc(C(C)(C)C)ccn5)c4c3)c2)c2ncccc21. The molecule has 6 nitrogen and oxygen atoms in total. The lowest BCUT2D eigenvalue weighted by Gasteiger charge is -2.35. The van der Waals surface area contributed by atoms with Crippen molar-refractivity contribution >= 4 is 44.7 Å². The number of ether oxygens (including phenoxy) is 1. The van der Waals surface area contributed by atoms with E-state index in [1.165, 1.54) is 77.8 Å². The summed E-state index contributed by atoms with van der Waals surface area (Å²) in [6, 6.07) is 47.2. The highest BCUT2D eigenvalue weighted by Gasteiger charge is 2.37. The van der Waals surface area contributed by atoms with Crippen molar-refractivity contribution in [3.8, 4) is 39.6 Å². The topological polar surface area (TPSA) is 46.4 Å². The third kappa shape index (κ3) is 10.4. The van der Waals surface area contributed by atoms with Crippen molar-refractivity contribution in [1.29, 1.82) is 0 Å². The van der Waals surface area contributed by atoms with Crippen molar-refractivity contribution in [3.05, 3.63) is 184 Å². The van der Waals surface area contributed by atoms with Gasteiger partial charge in [0.25, 0.3) is 0 Å². The fourth-order valence-corrected chi connectivity index (χ4v) is 11.7. The van der Waals surface area contributed by atoms with Crippen LogP contribution in [0.3, 0.4) is 0 Å². The lowest BCUT2D eigenvalue weighted by molar-refractivity contribution is 0.483. The molecule has 4 heterocycles. The van der Waals surface area contributed by atoms with Crippen LogP contribution in [0.1, 0.15) is 169 Å². The number of anilines is 4. The molecule has 0 amide bonds. The number of fused-ring (bicyclic) bond motifs is 4. The van der Waals surface area contributed by atoms with Crippen LogP contribution in [0.5, 0.6) is 11.5 Å². The van der Waals surface area contributed by atoms with Crippen molar-refractivity contribution in [2.24, 2.45) is 0 Å². The van der Waals surface area contributed by atoms with E-state index in [0.717, 1.165) is 50.9 Å². The van der Waals surface area contributed by atoms with E-state index in [0.29, 0.717) is 6.67 Å². The Morgan fingerprint density at radius 1 is 0.418 bits per heavy atom. The Morgan fingerprint density at radius 2 is 0.962 bits per heavy atom. The Bertz CT molecular complexity index is 3730. The molecule has 6 aromatic carbocycles. The van der Waals surface area contributed by atoms with Gasteiger partial charge < -0.3 is 14.5 Å². The molecular weight excluding hydrogens is 963 g/mol. The highest BCUT2D eigenvalue weighted by molar-refractivity contribution is 6.09. The highest BCUT2D eigenvalue weighted by atomic mass is 16.5. The molecule has 0 spiro atoms. The monoisotopic (exact) mass is 1050 g/mol. The van der Waals surface area contributed by atoms with Crippen molar-refractivity contribution in [2.45, 2.75) is 171 Å². The minimum Gasteiger partial charge on any atom is -0.457 e. The van der Waals surface area contributed by atoms with Crippen LogP contribution in [-0.2, 0) is 32.5 Å². The number of benzene rings is 6. The maximum Gasteiger partial charge on any atom is 0.158 e. The minimum atomic E-state index is -0.163. The van der Waals surface area contributed by atoms with Gasteiger partial charge in [-0.25, -0.2) is 9.97 Å². The molecule has 1 aliphatic rings. The summed E-state index contributed by atoms with van der Waals surface area (Å²) in [7, 11) is 0. The van der Waals surface area contributed by atoms with E-state index in [1.54, 1.807) is 0 Å². The van der Waals surface area contributed by atoms with E-state index in [2.05, 4.69) is 280 Å². The molecule has 79 heavy (non-hydrogen) atoms. The second-order valence-electron chi connectivity index (χ2n) is 28.7. The number of hydrogen-bond donors (Lipinski definition) is 0. The van der Waals surface area contributed by atoms with E-state index in [9.17, 15) is 0 Å². The van der Waals surface area contributed by atoms with Crippen LogP contribution in [0.2, 0.25) is 0 Å². The second kappa shape index (κ2) is 19.3. The number of rotatable bonds is 7. The summed E-state index contributed by atoms with van der Waals surface area (Å²) >= 11 is 0. The highest BCUT2D eigenvalue weighted by Crippen LogP contribution is 2.55. The van der Waals surface area contributed by atoms with Gasteiger partial charge in [-0.05, 0) is 169 Å². The van der Waals surface area contributed by atoms with Crippen molar-refractivity contribution in [1.82, 2.24) is 14.5 Å². The van der Waals surface area contributed by atoms with Crippen molar-refractivity contribution < 1.29 is 4.74 Å². The number of nitrogens with zero attached hydrogens (tertiary/aromatic N) is 5. The van der Waals surface area contributed by atoms with E-state index >= 15 is 0 Å². The van der Waals surface area contributed by atoms with E-state index in [-0.39, 0.29) is 32.5 Å². The van der Waals surface area contributed by atoms with Gasteiger partial charge in [-0.3, -0.25) is 4.57 Å². The first kappa shape index (κ1) is 55.1. The van der Waals surface area contributed by atoms with Crippen LogP contribution < -0.4 is 14.5 Å². The molecule has 0 saturated carbocycles. The normalized spacial score (nSPS) is 13.7. The minimum absolute atomic E-state index is 0.0278. The Kier molecular flexibility index (Phi) is 13.5. The first-order chi connectivity index (χ1) is 36.8. The third-order valence-corrected chi connectivity index (χ3v) is 16.2. The van der Waals surface area contributed by atoms with Crippen LogP contribution >= 0.6 is 0 Å². The fraction of sp³-hybridized carbons (Fsp3) is 0.370. The van der Waals surface area contributed by atoms with Gasteiger partial charge >= 0.3 is 0 Å². The Balaban J connectivity index is 1.17. The zero-order chi connectivity index (χ0) is 57.1. The predicted molar refractivity (Wildman–Crippen MR) is 337 cm³/mol. The van der Waals surface area contributed by atoms with Gasteiger partial charge in [0.15, 0.2) is 5.82 Å². The number of aromatic nitrogens is 3. The molecule has 10 rings (SSSR count). The van der Waals surface area contributed by atoms with E-state index in [4.69, 9.17) is 14.7 Å². The summed E-state index contributed by atoms with van der Waals surface area (Å²) in [5.74, 6) is 3.29. The van der Waals surface area contributed by atoms with Gasteiger partial charge in [0, 0.05) is 52.1 Å². The Hall–Kier alpha value is -7.18. The molecule has 0 bridgehead atoms. The molecule has 0 unspecified atom stereocenters. The van der Waals surface area contributed by atoms with E-state index in [1.807, 2.05) is 12.4 Å².